The van der Waals surface area contributed by atoms with Gasteiger partial charge in [-0.05, 0) is 24.3 Å². The standard InChI is InChI=1S/C16H14ClN3O3/c1-22-13-8-9(7-10(17)14(13)23-2)15(21)20-16-18-11-5-3-4-6-12(11)19-16/h3-8H,1-2H3,(H2,18,19,20,21). The minimum absolute atomic E-state index is 0.293. The van der Waals surface area contributed by atoms with Crippen molar-refractivity contribution in [1.82, 2.24) is 9.97 Å². The number of methoxy groups -OCH3 is 2. The number of H-pyrrole nitrogens is 1. The second kappa shape index (κ2) is 6.18. The van der Waals surface area contributed by atoms with Gasteiger partial charge in [0.05, 0.1) is 30.3 Å². The fraction of sp³-hybridized carbons (Fsp3) is 0.125. The first-order valence-corrected chi connectivity index (χ1v) is 7.18. The molecule has 0 aliphatic carbocycles. The quantitative estimate of drug-likeness (QED) is 0.767. The highest BCUT2D eigenvalue weighted by Gasteiger charge is 2.16. The summed E-state index contributed by atoms with van der Waals surface area (Å²) in [4.78, 5) is 19.7. The fourth-order valence-electron chi connectivity index (χ4n) is 2.24. The Bertz CT molecular complexity index is 843. The number of nitrogens with zero attached hydrogens (tertiary/aromatic N) is 1. The third kappa shape index (κ3) is 2.93. The summed E-state index contributed by atoms with van der Waals surface area (Å²) in [7, 11) is 2.97. The maximum atomic E-state index is 12.4. The SMILES string of the molecule is COc1cc(C(=O)Nc2nc3ccccc3[nH]2)cc(Cl)c1OC. The molecule has 1 aromatic heterocycles. The van der Waals surface area contributed by atoms with Crippen molar-refractivity contribution in [2.24, 2.45) is 0 Å². The summed E-state index contributed by atoms with van der Waals surface area (Å²) in [5.41, 5.74) is 1.95. The van der Waals surface area contributed by atoms with Gasteiger partial charge in [-0.1, -0.05) is 23.7 Å². The lowest BCUT2D eigenvalue weighted by Gasteiger charge is -2.11. The van der Waals surface area contributed by atoms with Crippen LogP contribution < -0.4 is 14.8 Å². The molecule has 6 nitrogen and oxygen atoms in total. The van der Waals surface area contributed by atoms with E-state index in [0.717, 1.165) is 11.0 Å². The van der Waals surface area contributed by atoms with Gasteiger partial charge >= 0.3 is 0 Å². The van der Waals surface area contributed by atoms with Crippen LogP contribution in [0.1, 0.15) is 10.4 Å². The van der Waals surface area contributed by atoms with Crippen molar-refractivity contribution in [2.75, 3.05) is 19.5 Å². The number of amides is 1. The van der Waals surface area contributed by atoms with Crippen LogP contribution in [0.3, 0.4) is 0 Å². The van der Waals surface area contributed by atoms with Crippen molar-refractivity contribution in [3.8, 4) is 11.5 Å². The third-order valence-electron chi connectivity index (χ3n) is 3.32. The zero-order valence-electron chi connectivity index (χ0n) is 12.5. The van der Waals surface area contributed by atoms with Crippen LogP contribution >= 0.6 is 11.6 Å². The Hall–Kier alpha value is -2.73. The highest BCUT2D eigenvalue weighted by Crippen LogP contribution is 2.36. The number of imidazole rings is 1. The van der Waals surface area contributed by atoms with Crippen LogP contribution in [0, 0.1) is 0 Å². The molecule has 2 N–H and O–H groups in total. The summed E-state index contributed by atoms with van der Waals surface area (Å²) < 4.78 is 10.3. The predicted octanol–water partition coefficient (Wildman–Crippen LogP) is 3.49. The van der Waals surface area contributed by atoms with Crippen molar-refractivity contribution in [1.29, 1.82) is 0 Å². The van der Waals surface area contributed by atoms with Crippen molar-refractivity contribution in [3.05, 3.63) is 47.0 Å². The highest BCUT2D eigenvalue weighted by molar-refractivity contribution is 6.32. The Morgan fingerprint density at radius 1 is 1.22 bits per heavy atom. The molecule has 2 aromatic carbocycles. The van der Waals surface area contributed by atoms with Gasteiger partial charge in [-0.15, -0.1) is 0 Å². The summed E-state index contributed by atoms with van der Waals surface area (Å²) in [5, 5.41) is 3.00. The number of aromatic amines is 1. The number of nitrogens with one attached hydrogen (secondary N) is 2. The molecule has 0 aliphatic heterocycles. The van der Waals surface area contributed by atoms with Gasteiger partial charge in [0.25, 0.3) is 5.91 Å². The molecule has 0 bridgehead atoms. The second-order valence-electron chi connectivity index (χ2n) is 4.75. The summed E-state index contributed by atoms with van der Waals surface area (Å²) in [6, 6.07) is 10.6. The summed E-state index contributed by atoms with van der Waals surface area (Å²) in [5.74, 6) is 0.776. The van der Waals surface area contributed by atoms with Crippen LogP contribution in [-0.4, -0.2) is 30.1 Å². The van der Waals surface area contributed by atoms with E-state index in [9.17, 15) is 4.79 Å². The normalized spacial score (nSPS) is 10.6. The molecule has 1 amide bonds. The lowest BCUT2D eigenvalue weighted by atomic mass is 10.2. The highest BCUT2D eigenvalue weighted by atomic mass is 35.5. The Balaban J connectivity index is 1.89. The number of carbonyl (C=O) groups is 1. The van der Waals surface area contributed by atoms with E-state index in [1.807, 2.05) is 24.3 Å². The van der Waals surface area contributed by atoms with Gasteiger partial charge in [0, 0.05) is 5.56 Å². The molecule has 0 radical (unpaired) electrons. The van der Waals surface area contributed by atoms with Gasteiger partial charge in [-0.25, -0.2) is 4.98 Å². The smallest absolute Gasteiger partial charge is 0.258 e. The molecule has 7 heteroatoms. The molecule has 0 spiro atoms. The minimum atomic E-state index is -0.355. The van der Waals surface area contributed by atoms with E-state index in [4.69, 9.17) is 21.1 Å². The molecule has 0 saturated heterocycles. The molecule has 0 aliphatic rings. The van der Waals surface area contributed by atoms with Gasteiger partial charge in [0.2, 0.25) is 5.95 Å². The topological polar surface area (TPSA) is 76.2 Å². The molecular formula is C16H14ClN3O3. The molecule has 23 heavy (non-hydrogen) atoms. The second-order valence-corrected chi connectivity index (χ2v) is 5.16. The summed E-state index contributed by atoms with van der Waals surface area (Å²) in [6.07, 6.45) is 0. The number of para-hydroxylation sites is 2. The number of fused-ring (bicyclic) bond motifs is 1. The molecule has 3 aromatic rings. The molecule has 3 rings (SSSR count). The molecule has 118 valence electrons. The van der Waals surface area contributed by atoms with Gasteiger partial charge < -0.3 is 14.5 Å². The largest absolute Gasteiger partial charge is 0.493 e. The number of halogens is 1. The van der Waals surface area contributed by atoms with Gasteiger partial charge in [0.1, 0.15) is 0 Å². The Morgan fingerprint density at radius 2 is 2.00 bits per heavy atom. The maximum absolute atomic E-state index is 12.4. The van der Waals surface area contributed by atoms with Crippen LogP contribution in [-0.2, 0) is 0 Å². The van der Waals surface area contributed by atoms with Crippen LogP contribution in [0.2, 0.25) is 5.02 Å². The minimum Gasteiger partial charge on any atom is -0.493 e. The monoisotopic (exact) mass is 331 g/mol. The van der Waals surface area contributed by atoms with E-state index in [0.29, 0.717) is 28.0 Å². The van der Waals surface area contributed by atoms with Crippen molar-refractivity contribution >= 4 is 34.5 Å². The molecule has 0 fully saturated rings. The lowest BCUT2D eigenvalue weighted by molar-refractivity contribution is 0.102. The van der Waals surface area contributed by atoms with E-state index in [-0.39, 0.29) is 5.91 Å². The van der Waals surface area contributed by atoms with Crippen molar-refractivity contribution in [3.63, 3.8) is 0 Å². The maximum Gasteiger partial charge on any atom is 0.258 e. The Morgan fingerprint density at radius 3 is 2.70 bits per heavy atom. The zero-order valence-corrected chi connectivity index (χ0v) is 13.3. The summed E-state index contributed by atoms with van der Waals surface area (Å²) >= 11 is 6.12. The third-order valence-corrected chi connectivity index (χ3v) is 3.60. The van der Waals surface area contributed by atoms with E-state index >= 15 is 0 Å². The van der Waals surface area contributed by atoms with E-state index < -0.39 is 0 Å². The summed E-state index contributed by atoms with van der Waals surface area (Å²) in [6.45, 7) is 0. The van der Waals surface area contributed by atoms with E-state index in [2.05, 4.69) is 15.3 Å². The molecule has 0 saturated carbocycles. The van der Waals surface area contributed by atoms with Crippen LogP contribution in [0.25, 0.3) is 11.0 Å². The van der Waals surface area contributed by atoms with Crippen LogP contribution in [0.15, 0.2) is 36.4 Å². The van der Waals surface area contributed by atoms with E-state index in [1.165, 1.54) is 20.3 Å². The number of hydrogen-bond acceptors (Lipinski definition) is 4. The number of hydrogen-bond donors (Lipinski definition) is 2. The molecule has 1 heterocycles. The fourth-order valence-corrected chi connectivity index (χ4v) is 2.53. The van der Waals surface area contributed by atoms with Crippen molar-refractivity contribution in [2.45, 2.75) is 0 Å². The number of aromatic nitrogens is 2. The van der Waals surface area contributed by atoms with Gasteiger partial charge in [-0.2, -0.15) is 0 Å². The number of anilines is 1. The first kappa shape index (κ1) is 15.2. The average molecular weight is 332 g/mol. The van der Waals surface area contributed by atoms with Gasteiger partial charge in [0.15, 0.2) is 11.5 Å². The van der Waals surface area contributed by atoms with Crippen LogP contribution in [0.5, 0.6) is 11.5 Å². The number of carbonyl (C=O) groups excluding carboxylic acids is 1. The lowest BCUT2D eigenvalue weighted by Crippen LogP contribution is -2.13. The number of rotatable bonds is 4. The first-order chi connectivity index (χ1) is 11.1. The van der Waals surface area contributed by atoms with E-state index in [1.54, 1.807) is 6.07 Å². The number of ether oxygens (including phenoxy) is 2. The first-order valence-electron chi connectivity index (χ1n) is 6.80. The van der Waals surface area contributed by atoms with Crippen molar-refractivity contribution < 1.29 is 14.3 Å². The molecule has 0 unspecified atom stereocenters. The van der Waals surface area contributed by atoms with Gasteiger partial charge in [-0.3, -0.25) is 10.1 Å². The average Bonchev–Trinajstić information content (AvgIpc) is 2.96. The Kier molecular flexibility index (Phi) is 4.08. The predicted molar refractivity (Wildman–Crippen MR) is 88.6 cm³/mol. The Labute approximate surface area is 137 Å². The number of benzene rings is 2. The molecule has 0 atom stereocenters. The van der Waals surface area contributed by atoms with Crippen LogP contribution in [0.4, 0.5) is 5.95 Å². The zero-order chi connectivity index (χ0) is 16.4. The molecular weight excluding hydrogens is 318 g/mol.